The molecule has 0 bridgehead atoms. The Hall–Kier alpha value is -1.27. The average Bonchev–Trinajstić information content (AvgIpc) is 2.28. The smallest absolute Gasteiger partial charge is 0.258 e. The molecule has 1 N–H and O–H groups in total. The fraction of sp³-hybridized carbons (Fsp3) is 0.455. The molecule has 1 unspecified atom stereocenters. The molecule has 1 heterocycles. The molecule has 1 rings (SSSR count). The van der Waals surface area contributed by atoms with Gasteiger partial charge in [-0.3, -0.25) is 0 Å². The van der Waals surface area contributed by atoms with Crippen LogP contribution in [0.2, 0.25) is 0 Å². The van der Waals surface area contributed by atoms with Crippen molar-refractivity contribution in [3.63, 3.8) is 0 Å². The van der Waals surface area contributed by atoms with Crippen LogP contribution < -0.4 is 4.72 Å². The van der Waals surface area contributed by atoms with E-state index in [0.29, 0.717) is 12.7 Å². The van der Waals surface area contributed by atoms with Crippen molar-refractivity contribution in [3.05, 3.63) is 24.4 Å². The van der Waals surface area contributed by atoms with Gasteiger partial charge in [0.2, 0.25) is 0 Å². The van der Waals surface area contributed by atoms with E-state index in [4.69, 9.17) is 0 Å². The molecule has 0 saturated carbocycles. The number of sulfonamides is 1. The summed E-state index contributed by atoms with van der Waals surface area (Å²) >= 11 is 0. The molecule has 1 atom stereocenters. The minimum atomic E-state index is -3.71. The number of hydrogen-bond donors (Lipinski definition) is 1. The van der Waals surface area contributed by atoms with Gasteiger partial charge in [-0.2, -0.15) is 4.72 Å². The van der Waals surface area contributed by atoms with Crippen molar-refractivity contribution in [1.82, 2.24) is 9.71 Å². The summed E-state index contributed by atoms with van der Waals surface area (Å²) in [5.41, 5.74) is 0. The van der Waals surface area contributed by atoms with Crippen molar-refractivity contribution in [2.24, 2.45) is 5.92 Å². The Morgan fingerprint density at radius 2 is 2.12 bits per heavy atom. The second-order valence-corrected chi connectivity index (χ2v) is 5.82. The first-order valence-corrected chi connectivity index (χ1v) is 6.82. The standard InChI is InChI=1S/C11H16N2O3S/c1-9(2)7-10(8-14)13-17(15,16)11-5-3-4-6-12-11/h3-6,8-10,13H,7H2,1-2H3. The molecule has 0 saturated heterocycles. The molecule has 0 amide bonds. The van der Waals surface area contributed by atoms with E-state index in [1.54, 1.807) is 12.1 Å². The Morgan fingerprint density at radius 3 is 2.59 bits per heavy atom. The van der Waals surface area contributed by atoms with Gasteiger partial charge in [0, 0.05) is 6.20 Å². The van der Waals surface area contributed by atoms with Crippen molar-refractivity contribution >= 4 is 16.3 Å². The van der Waals surface area contributed by atoms with Gasteiger partial charge in [-0.1, -0.05) is 19.9 Å². The molecule has 0 aliphatic rings. The highest BCUT2D eigenvalue weighted by atomic mass is 32.2. The Bertz CT molecular complexity index is 457. The van der Waals surface area contributed by atoms with E-state index in [-0.39, 0.29) is 10.9 Å². The molecule has 0 spiro atoms. The minimum Gasteiger partial charge on any atom is -0.302 e. The highest BCUT2D eigenvalue weighted by molar-refractivity contribution is 7.89. The summed E-state index contributed by atoms with van der Waals surface area (Å²) in [4.78, 5) is 14.6. The van der Waals surface area contributed by atoms with Crippen LogP contribution >= 0.6 is 0 Å². The van der Waals surface area contributed by atoms with E-state index >= 15 is 0 Å². The number of pyridine rings is 1. The SMILES string of the molecule is CC(C)CC(C=O)NS(=O)(=O)c1ccccn1. The topological polar surface area (TPSA) is 76.1 Å². The van der Waals surface area contributed by atoms with Crippen LogP contribution in [0.3, 0.4) is 0 Å². The van der Waals surface area contributed by atoms with Crippen LogP contribution in [0.5, 0.6) is 0 Å². The van der Waals surface area contributed by atoms with Gasteiger partial charge in [-0.05, 0) is 24.5 Å². The molecule has 5 nitrogen and oxygen atoms in total. The van der Waals surface area contributed by atoms with Crippen LogP contribution in [0, 0.1) is 5.92 Å². The Balaban J connectivity index is 2.82. The van der Waals surface area contributed by atoms with Gasteiger partial charge in [-0.25, -0.2) is 13.4 Å². The van der Waals surface area contributed by atoms with Crippen molar-refractivity contribution in [3.8, 4) is 0 Å². The van der Waals surface area contributed by atoms with E-state index in [9.17, 15) is 13.2 Å². The highest BCUT2D eigenvalue weighted by Crippen LogP contribution is 2.08. The number of rotatable bonds is 6. The predicted octanol–water partition coefficient (Wildman–Crippen LogP) is 0.973. The fourth-order valence-electron chi connectivity index (χ4n) is 1.41. The molecule has 0 aliphatic carbocycles. The number of hydrogen-bond acceptors (Lipinski definition) is 4. The van der Waals surface area contributed by atoms with Crippen molar-refractivity contribution in [2.75, 3.05) is 0 Å². The van der Waals surface area contributed by atoms with Crippen LogP contribution in [-0.2, 0) is 14.8 Å². The first-order valence-electron chi connectivity index (χ1n) is 5.34. The number of nitrogens with zero attached hydrogens (tertiary/aromatic N) is 1. The summed E-state index contributed by atoms with van der Waals surface area (Å²) in [6.45, 7) is 3.84. The zero-order valence-corrected chi connectivity index (χ0v) is 10.6. The van der Waals surface area contributed by atoms with Crippen LogP contribution in [0.15, 0.2) is 29.4 Å². The molecular formula is C11H16N2O3S. The average molecular weight is 256 g/mol. The van der Waals surface area contributed by atoms with Crippen LogP contribution in [0.25, 0.3) is 0 Å². The van der Waals surface area contributed by atoms with Gasteiger partial charge in [-0.15, -0.1) is 0 Å². The maximum Gasteiger partial charge on any atom is 0.258 e. The van der Waals surface area contributed by atoms with E-state index in [1.165, 1.54) is 12.3 Å². The summed E-state index contributed by atoms with van der Waals surface area (Å²) in [7, 11) is -3.71. The van der Waals surface area contributed by atoms with Gasteiger partial charge in [0.15, 0.2) is 5.03 Å². The van der Waals surface area contributed by atoms with E-state index < -0.39 is 16.1 Å². The van der Waals surface area contributed by atoms with E-state index in [0.717, 1.165) is 0 Å². The molecule has 6 heteroatoms. The maximum atomic E-state index is 11.9. The maximum absolute atomic E-state index is 11.9. The lowest BCUT2D eigenvalue weighted by Gasteiger charge is -2.14. The highest BCUT2D eigenvalue weighted by Gasteiger charge is 2.21. The zero-order valence-electron chi connectivity index (χ0n) is 9.83. The quantitative estimate of drug-likeness (QED) is 0.770. The first-order chi connectivity index (χ1) is 7.95. The van der Waals surface area contributed by atoms with E-state index in [1.807, 2.05) is 13.8 Å². The predicted molar refractivity (Wildman–Crippen MR) is 63.9 cm³/mol. The lowest BCUT2D eigenvalue weighted by molar-refractivity contribution is -0.109. The number of nitrogens with one attached hydrogen (secondary N) is 1. The lowest BCUT2D eigenvalue weighted by Crippen LogP contribution is -2.37. The summed E-state index contributed by atoms with van der Waals surface area (Å²) in [6, 6.07) is 3.89. The number of carbonyl (C=O) groups excluding carboxylic acids is 1. The van der Waals surface area contributed by atoms with Crippen molar-refractivity contribution in [2.45, 2.75) is 31.3 Å². The van der Waals surface area contributed by atoms with Gasteiger partial charge >= 0.3 is 0 Å². The zero-order chi connectivity index (χ0) is 12.9. The molecule has 0 radical (unpaired) electrons. The minimum absolute atomic E-state index is 0.0735. The number of aromatic nitrogens is 1. The summed E-state index contributed by atoms with van der Waals surface area (Å²) in [5.74, 6) is 0.233. The van der Waals surface area contributed by atoms with Crippen LogP contribution in [0.1, 0.15) is 20.3 Å². The Labute approximate surface area is 101 Å². The number of carbonyl (C=O) groups is 1. The van der Waals surface area contributed by atoms with Crippen LogP contribution in [-0.4, -0.2) is 25.7 Å². The summed E-state index contributed by atoms with van der Waals surface area (Å²) < 4.78 is 26.0. The van der Waals surface area contributed by atoms with Crippen molar-refractivity contribution < 1.29 is 13.2 Å². The lowest BCUT2D eigenvalue weighted by atomic mass is 10.1. The second kappa shape index (κ2) is 5.88. The normalized spacial score (nSPS) is 13.6. The van der Waals surface area contributed by atoms with Crippen LogP contribution in [0.4, 0.5) is 0 Å². The molecule has 0 fully saturated rings. The van der Waals surface area contributed by atoms with Gasteiger partial charge in [0.05, 0.1) is 6.04 Å². The second-order valence-electron chi connectivity index (χ2n) is 4.16. The first kappa shape index (κ1) is 13.8. The molecular weight excluding hydrogens is 240 g/mol. The van der Waals surface area contributed by atoms with Gasteiger partial charge in [0.1, 0.15) is 6.29 Å². The summed E-state index contributed by atoms with van der Waals surface area (Å²) in [5, 5.41) is -0.0735. The van der Waals surface area contributed by atoms with Crippen molar-refractivity contribution in [1.29, 1.82) is 0 Å². The third-order valence-electron chi connectivity index (χ3n) is 2.11. The third-order valence-corrected chi connectivity index (χ3v) is 3.51. The number of aldehydes is 1. The molecule has 0 aromatic carbocycles. The van der Waals surface area contributed by atoms with Gasteiger partial charge < -0.3 is 4.79 Å². The molecule has 1 aromatic rings. The van der Waals surface area contributed by atoms with Gasteiger partial charge in [0.25, 0.3) is 10.0 Å². The van der Waals surface area contributed by atoms with E-state index in [2.05, 4.69) is 9.71 Å². The monoisotopic (exact) mass is 256 g/mol. The molecule has 17 heavy (non-hydrogen) atoms. The molecule has 1 aromatic heterocycles. The molecule has 94 valence electrons. The Kier molecular flexibility index (Phi) is 4.77. The third kappa shape index (κ3) is 4.24. The fourth-order valence-corrected chi connectivity index (χ4v) is 2.53. The summed E-state index contributed by atoms with van der Waals surface area (Å²) in [6.07, 6.45) is 2.48. The largest absolute Gasteiger partial charge is 0.302 e. The Morgan fingerprint density at radius 1 is 1.41 bits per heavy atom. The molecule has 0 aliphatic heterocycles.